The van der Waals surface area contributed by atoms with E-state index in [1.54, 1.807) is 41.0 Å². The van der Waals surface area contributed by atoms with Crippen molar-refractivity contribution in [1.29, 1.82) is 0 Å². The van der Waals surface area contributed by atoms with Gasteiger partial charge in [-0.3, -0.25) is 14.4 Å². The minimum absolute atomic E-state index is 0.0820. The van der Waals surface area contributed by atoms with Crippen LogP contribution in [0.3, 0.4) is 0 Å². The number of aliphatic hydroxyl groups is 2. The third kappa shape index (κ3) is 6.40. The molecule has 0 bridgehead atoms. The van der Waals surface area contributed by atoms with Crippen LogP contribution in [0.1, 0.15) is 49.3 Å². The van der Waals surface area contributed by atoms with Gasteiger partial charge in [0.1, 0.15) is 0 Å². The molecule has 2 aliphatic heterocycles. The van der Waals surface area contributed by atoms with Crippen molar-refractivity contribution in [2.75, 3.05) is 29.5 Å². The summed E-state index contributed by atoms with van der Waals surface area (Å²) in [5.41, 5.74) is 2.11. The van der Waals surface area contributed by atoms with Crippen molar-refractivity contribution in [3.8, 4) is 0 Å². The summed E-state index contributed by atoms with van der Waals surface area (Å²) in [4.78, 5) is 44.2. The van der Waals surface area contributed by atoms with Crippen molar-refractivity contribution in [2.45, 2.75) is 51.3 Å². The van der Waals surface area contributed by atoms with Gasteiger partial charge in [-0.05, 0) is 42.2 Å². The number of hydrogen-bond donors (Lipinski definition) is 2. The number of nitrogens with zero attached hydrogens (tertiary/aromatic N) is 3. The van der Waals surface area contributed by atoms with Crippen LogP contribution in [0.25, 0.3) is 0 Å². The van der Waals surface area contributed by atoms with Crippen molar-refractivity contribution in [3.05, 3.63) is 108 Å². The first kappa shape index (κ1) is 30.2. The van der Waals surface area contributed by atoms with E-state index in [1.807, 2.05) is 71.6 Å². The van der Waals surface area contributed by atoms with Gasteiger partial charge in [0.2, 0.25) is 11.8 Å². The molecule has 0 radical (unpaired) electrons. The maximum atomic E-state index is 13.9. The van der Waals surface area contributed by atoms with Gasteiger partial charge < -0.3 is 24.9 Å². The second-order valence-electron chi connectivity index (χ2n) is 11.3. The Labute approximate surface area is 252 Å². The van der Waals surface area contributed by atoms with E-state index in [1.165, 1.54) is 0 Å². The molecule has 2 N–H and O–H groups in total. The number of amides is 3. The van der Waals surface area contributed by atoms with Gasteiger partial charge in [0.05, 0.1) is 18.8 Å². The van der Waals surface area contributed by atoms with E-state index < -0.39 is 17.4 Å². The fraction of sp³-hybridized carbons (Fsp3) is 0.343. The lowest BCUT2D eigenvalue weighted by Crippen LogP contribution is -2.44. The van der Waals surface area contributed by atoms with E-state index in [2.05, 4.69) is 0 Å². The molecular weight excluding hydrogens is 542 g/mol. The topological polar surface area (TPSA) is 101 Å². The second kappa shape index (κ2) is 13.4. The van der Waals surface area contributed by atoms with Crippen LogP contribution in [-0.4, -0.2) is 52.5 Å². The van der Waals surface area contributed by atoms with Crippen LogP contribution >= 0.6 is 0 Å². The Kier molecular flexibility index (Phi) is 9.38. The molecule has 3 aromatic carbocycles. The molecular formula is C35H39N3O5. The van der Waals surface area contributed by atoms with Gasteiger partial charge >= 0.3 is 0 Å². The highest BCUT2D eigenvalue weighted by molar-refractivity contribution is 6.07. The fourth-order valence-corrected chi connectivity index (χ4v) is 5.96. The molecule has 0 unspecified atom stereocenters. The largest absolute Gasteiger partial charge is 0.395 e. The van der Waals surface area contributed by atoms with E-state index in [0.29, 0.717) is 30.8 Å². The number of benzene rings is 3. The number of fused-ring (bicyclic) bond motifs is 1. The highest BCUT2D eigenvalue weighted by Gasteiger charge is 2.52. The average molecular weight is 582 g/mol. The molecule has 0 spiro atoms. The fourth-order valence-electron chi connectivity index (χ4n) is 5.96. The molecule has 2 aliphatic rings. The van der Waals surface area contributed by atoms with Crippen LogP contribution in [0.15, 0.2) is 91.0 Å². The van der Waals surface area contributed by atoms with Crippen LogP contribution in [-0.2, 0) is 33.1 Å². The lowest BCUT2D eigenvalue weighted by Gasteiger charge is -2.28. The molecule has 2 heterocycles. The minimum atomic E-state index is -1.79. The third-order valence-electron chi connectivity index (χ3n) is 8.40. The predicted molar refractivity (Wildman–Crippen MR) is 166 cm³/mol. The summed E-state index contributed by atoms with van der Waals surface area (Å²) in [5, 5.41) is 21.4. The summed E-state index contributed by atoms with van der Waals surface area (Å²) in [5.74, 6) is -1.04. The average Bonchev–Trinajstić information content (AvgIpc) is 3.24. The SMILES string of the molecule is C[C@@H](/C=C/CC(=O)N(CCO)Cc1ccccc1)[C@]1(O)C(=O)N(Cc2ccc(N3CCCCC3=O)cc2)c2ccccc21. The van der Waals surface area contributed by atoms with E-state index in [0.717, 1.165) is 29.7 Å². The molecule has 0 aromatic heterocycles. The van der Waals surface area contributed by atoms with E-state index in [4.69, 9.17) is 0 Å². The van der Waals surface area contributed by atoms with Gasteiger partial charge in [0.25, 0.3) is 5.91 Å². The molecule has 3 aromatic rings. The molecule has 8 heteroatoms. The zero-order valence-corrected chi connectivity index (χ0v) is 24.6. The van der Waals surface area contributed by atoms with E-state index in [9.17, 15) is 24.6 Å². The van der Waals surface area contributed by atoms with Crippen molar-refractivity contribution in [3.63, 3.8) is 0 Å². The van der Waals surface area contributed by atoms with Crippen LogP contribution in [0, 0.1) is 5.92 Å². The van der Waals surface area contributed by atoms with Gasteiger partial charge in [0, 0.05) is 49.6 Å². The molecule has 8 nitrogen and oxygen atoms in total. The number of carbonyl (C=O) groups excluding carboxylic acids is 3. The second-order valence-corrected chi connectivity index (χ2v) is 11.3. The van der Waals surface area contributed by atoms with Crippen LogP contribution in [0.2, 0.25) is 0 Å². The standard InChI is InChI=1S/C35H39N3O5/c1-26(10-9-16-32(40)36(22-23-39)24-27-11-3-2-4-12-27)35(43)30-13-5-6-14-31(30)38(34(35)42)25-28-17-19-29(20-18-28)37-21-8-7-15-33(37)41/h2-6,9-14,17-20,26,39,43H,7-8,15-16,21-25H2,1H3/b10-9+/t26-,35+/m0/s1. The molecule has 0 saturated carbocycles. The summed E-state index contributed by atoms with van der Waals surface area (Å²) in [6.07, 6.45) is 5.97. The van der Waals surface area contributed by atoms with Gasteiger partial charge in [0.15, 0.2) is 5.60 Å². The van der Waals surface area contributed by atoms with Gasteiger partial charge in [-0.15, -0.1) is 0 Å². The number of para-hydroxylation sites is 1. The Morgan fingerprint density at radius 2 is 1.70 bits per heavy atom. The summed E-state index contributed by atoms with van der Waals surface area (Å²) in [7, 11) is 0. The van der Waals surface area contributed by atoms with Crippen molar-refractivity contribution < 1.29 is 24.6 Å². The first-order chi connectivity index (χ1) is 20.8. The number of hydrogen-bond acceptors (Lipinski definition) is 5. The molecule has 1 saturated heterocycles. The smallest absolute Gasteiger partial charge is 0.264 e. The number of aliphatic hydroxyl groups excluding tert-OH is 1. The monoisotopic (exact) mass is 581 g/mol. The summed E-state index contributed by atoms with van der Waals surface area (Å²) < 4.78 is 0. The van der Waals surface area contributed by atoms with Crippen LogP contribution < -0.4 is 9.80 Å². The highest BCUT2D eigenvalue weighted by atomic mass is 16.3. The molecule has 0 aliphatic carbocycles. The third-order valence-corrected chi connectivity index (χ3v) is 8.40. The first-order valence-corrected chi connectivity index (χ1v) is 14.9. The molecule has 2 atom stereocenters. The van der Waals surface area contributed by atoms with Gasteiger partial charge in [-0.1, -0.05) is 79.7 Å². The number of carbonyl (C=O) groups is 3. The Hall–Kier alpha value is -4.27. The van der Waals surface area contributed by atoms with Crippen LogP contribution in [0.5, 0.6) is 0 Å². The lowest BCUT2D eigenvalue weighted by atomic mass is 9.83. The van der Waals surface area contributed by atoms with Crippen molar-refractivity contribution in [2.24, 2.45) is 5.92 Å². The first-order valence-electron chi connectivity index (χ1n) is 14.9. The van der Waals surface area contributed by atoms with E-state index >= 15 is 0 Å². The molecule has 43 heavy (non-hydrogen) atoms. The number of rotatable bonds is 11. The molecule has 5 rings (SSSR count). The van der Waals surface area contributed by atoms with Crippen molar-refractivity contribution >= 4 is 29.1 Å². The minimum Gasteiger partial charge on any atom is -0.395 e. The lowest BCUT2D eigenvalue weighted by molar-refractivity contribution is -0.139. The Morgan fingerprint density at radius 1 is 0.977 bits per heavy atom. The summed E-state index contributed by atoms with van der Waals surface area (Å²) >= 11 is 0. The van der Waals surface area contributed by atoms with Gasteiger partial charge in [-0.2, -0.15) is 0 Å². The zero-order chi connectivity index (χ0) is 30.4. The molecule has 3 amide bonds. The Morgan fingerprint density at radius 3 is 2.42 bits per heavy atom. The maximum Gasteiger partial charge on any atom is 0.264 e. The molecule has 1 fully saturated rings. The Balaban J connectivity index is 1.28. The van der Waals surface area contributed by atoms with E-state index in [-0.39, 0.29) is 37.9 Å². The maximum absolute atomic E-state index is 13.9. The Bertz CT molecular complexity index is 1470. The predicted octanol–water partition coefficient (Wildman–Crippen LogP) is 4.54. The normalized spacial score (nSPS) is 19.1. The highest BCUT2D eigenvalue weighted by Crippen LogP contribution is 2.45. The summed E-state index contributed by atoms with van der Waals surface area (Å²) in [6, 6.07) is 24.5. The zero-order valence-electron chi connectivity index (χ0n) is 24.6. The number of anilines is 2. The quantitative estimate of drug-likeness (QED) is 0.324. The van der Waals surface area contributed by atoms with Gasteiger partial charge in [-0.25, -0.2) is 0 Å². The summed E-state index contributed by atoms with van der Waals surface area (Å²) in [6.45, 7) is 3.24. The van der Waals surface area contributed by atoms with Crippen molar-refractivity contribution in [1.82, 2.24) is 4.90 Å². The molecule has 224 valence electrons. The van der Waals surface area contributed by atoms with Crippen LogP contribution in [0.4, 0.5) is 11.4 Å². The number of piperidine rings is 1.